The van der Waals surface area contributed by atoms with Crippen molar-refractivity contribution in [1.29, 1.82) is 0 Å². The Morgan fingerprint density at radius 3 is 2.89 bits per heavy atom. The lowest BCUT2D eigenvalue weighted by Crippen LogP contribution is -2.06. The molecular weight excluding hydrogens is 236 g/mol. The van der Waals surface area contributed by atoms with Crippen LogP contribution in [-0.4, -0.2) is 12.0 Å². The quantitative estimate of drug-likeness (QED) is 0.884. The zero-order chi connectivity index (χ0) is 13.5. The van der Waals surface area contributed by atoms with Crippen molar-refractivity contribution in [3.05, 3.63) is 59.9 Å². The summed E-state index contributed by atoms with van der Waals surface area (Å²) in [6.45, 7) is 2.72. The normalized spacial score (nSPS) is 10.8. The average molecular weight is 254 g/mol. The van der Waals surface area contributed by atoms with Crippen LogP contribution in [0.4, 0.5) is 0 Å². The summed E-state index contributed by atoms with van der Waals surface area (Å²) in [5.41, 5.74) is 2.03. The van der Waals surface area contributed by atoms with Crippen LogP contribution >= 0.6 is 0 Å². The number of hydrogen-bond donors (Lipinski definition) is 1. The monoisotopic (exact) mass is 254 g/mol. The van der Waals surface area contributed by atoms with Gasteiger partial charge in [0.05, 0.1) is 5.69 Å². The average Bonchev–Trinajstić information content (AvgIpc) is 2.42. The summed E-state index contributed by atoms with van der Waals surface area (Å²) in [5.74, 6) is 1.65. The lowest BCUT2D eigenvalue weighted by molar-refractivity contribution is 0.479. The van der Waals surface area contributed by atoms with Crippen molar-refractivity contribution in [2.24, 2.45) is 0 Å². The summed E-state index contributed by atoms with van der Waals surface area (Å²) >= 11 is 0. The first-order valence-electron chi connectivity index (χ1n) is 6.32. The van der Waals surface area contributed by atoms with Crippen molar-refractivity contribution in [1.82, 2.24) is 10.3 Å². The number of hydrogen-bond acceptors (Lipinski definition) is 3. The van der Waals surface area contributed by atoms with E-state index in [0.29, 0.717) is 0 Å². The molecule has 0 aliphatic carbocycles. The molecule has 0 saturated heterocycles. The minimum Gasteiger partial charge on any atom is -0.457 e. The first-order valence-corrected chi connectivity index (χ1v) is 6.32. The SMILES string of the molecule is CC=Cc1ccccc1Oc1ccnc(CNC)c1. The lowest BCUT2D eigenvalue weighted by Gasteiger charge is -2.09. The van der Waals surface area contributed by atoms with E-state index in [1.165, 1.54) is 0 Å². The van der Waals surface area contributed by atoms with Crippen LogP contribution in [0, 0.1) is 0 Å². The van der Waals surface area contributed by atoms with E-state index in [2.05, 4.69) is 10.3 Å². The second-order valence-corrected chi connectivity index (χ2v) is 4.15. The highest BCUT2D eigenvalue weighted by atomic mass is 16.5. The number of aromatic nitrogens is 1. The van der Waals surface area contributed by atoms with Crippen LogP contribution in [0.15, 0.2) is 48.7 Å². The molecule has 0 spiro atoms. The molecule has 1 aromatic carbocycles. The molecule has 0 radical (unpaired) electrons. The highest BCUT2D eigenvalue weighted by Crippen LogP contribution is 2.26. The Kier molecular flexibility index (Phi) is 4.70. The van der Waals surface area contributed by atoms with Crippen LogP contribution in [0.5, 0.6) is 11.5 Å². The van der Waals surface area contributed by atoms with Gasteiger partial charge in [0.25, 0.3) is 0 Å². The standard InChI is InChI=1S/C16H18N2O/c1-3-6-13-7-4-5-8-16(13)19-15-9-10-18-14(11-15)12-17-2/h3-11,17H,12H2,1-2H3. The van der Waals surface area contributed by atoms with Gasteiger partial charge in [0.15, 0.2) is 0 Å². The predicted molar refractivity (Wildman–Crippen MR) is 78.2 cm³/mol. The third-order valence-corrected chi connectivity index (χ3v) is 2.64. The number of rotatable bonds is 5. The van der Waals surface area contributed by atoms with Gasteiger partial charge in [-0.1, -0.05) is 30.4 Å². The summed E-state index contributed by atoms with van der Waals surface area (Å²) in [4.78, 5) is 4.27. The van der Waals surface area contributed by atoms with E-state index < -0.39 is 0 Å². The smallest absolute Gasteiger partial charge is 0.134 e. The van der Waals surface area contributed by atoms with E-state index in [1.807, 2.05) is 62.5 Å². The summed E-state index contributed by atoms with van der Waals surface area (Å²) < 4.78 is 5.93. The highest BCUT2D eigenvalue weighted by molar-refractivity contribution is 5.57. The Bertz CT molecular complexity index is 564. The van der Waals surface area contributed by atoms with Crippen molar-refractivity contribution in [3.63, 3.8) is 0 Å². The van der Waals surface area contributed by atoms with E-state index >= 15 is 0 Å². The maximum atomic E-state index is 5.93. The molecule has 1 aromatic heterocycles. The number of para-hydroxylation sites is 1. The van der Waals surface area contributed by atoms with Crippen LogP contribution < -0.4 is 10.1 Å². The minimum absolute atomic E-state index is 0.730. The largest absolute Gasteiger partial charge is 0.457 e. The summed E-state index contributed by atoms with van der Waals surface area (Å²) in [7, 11) is 1.90. The zero-order valence-corrected chi connectivity index (χ0v) is 11.3. The molecule has 0 saturated carbocycles. The minimum atomic E-state index is 0.730. The number of nitrogens with zero attached hydrogens (tertiary/aromatic N) is 1. The van der Waals surface area contributed by atoms with Crippen molar-refractivity contribution in [2.75, 3.05) is 7.05 Å². The molecule has 19 heavy (non-hydrogen) atoms. The van der Waals surface area contributed by atoms with Crippen molar-refractivity contribution < 1.29 is 4.74 Å². The number of allylic oxidation sites excluding steroid dienone is 1. The first kappa shape index (κ1) is 13.3. The maximum Gasteiger partial charge on any atom is 0.134 e. The molecule has 0 atom stereocenters. The maximum absolute atomic E-state index is 5.93. The molecule has 0 aliphatic rings. The van der Waals surface area contributed by atoms with Crippen LogP contribution in [0.25, 0.3) is 6.08 Å². The molecule has 0 unspecified atom stereocenters. The van der Waals surface area contributed by atoms with E-state index in [1.54, 1.807) is 6.20 Å². The Labute approximate surface area is 114 Å². The van der Waals surface area contributed by atoms with Gasteiger partial charge in [-0.05, 0) is 26.1 Å². The summed E-state index contributed by atoms with van der Waals surface area (Å²) in [6, 6.07) is 11.8. The molecule has 1 heterocycles. The molecule has 3 nitrogen and oxygen atoms in total. The molecule has 0 bridgehead atoms. The molecule has 1 N–H and O–H groups in total. The topological polar surface area (TPSA) is 34.1 Å². The molecule has 3 heteroatoms. The molecule has 98 valence electrons. The fraction of sp³-hybridized carbons (Fsp3) is 0.188. The van der Waals surface area contributed by atoms with E-state index in [0.717, 1.165) is 29.3 Å². The third-order valence-electron chi connectivity index (χ3n) is 2.64. The summed E-state index contributed by atoms with van der Waals surface area (Å²) in [6.07, 6.45) is 5.80. The first-order chi connectivity index (χ1) is 9.33. The second kappa shape index (κ2) is 6.71. The second-order valence-electron chi connectivity index (χ2n) is 4.15. The van der Waals surface area contributed by atoms with Crippen LogP contribution in [-0.2, 0) is 6.54 Å². The van der Waals surface area contributed by atoms with Crippen molar-refractivity contribution in [2.45, 2.75) is 13.5 Å². The van der Waals surface area contributed by atoms with Gasteiger partial charge in [0.1, 0.15) is 11.5 Å². The summed E-state index contributed by atoms with van der Waals surface area (Å²) in [5, 5.41) is 3.08. The van der Waals surface area contributed by atoms with E-state index in [4.69, 9.17) is 4.74 Å². The molecule has 0 amide bonds. The van der Waals surface area contributed by atoms with Gasteiger partial charge in [-0.15, -0.1) is 0 Å². The Hall–Kier alpha value is -2.13. The third kappa shape index (κ3) is 3.66. The Balaban J connectivity index is 2.23. The highest BCUT2D eigenvalue weighted by Gasteiger charge is 2.03. The van der Waals surface area contributed by atoms with E-state index in [-0.39, 0.29) is 0 Å². The number of pyridine rings is 1. The van der Waals surface area contributed by atoms with Gasteiger partial charge in [-0.25, -0.2) is 0 Å². The molecule has 0 fully saturated rings. The van der Waals surface area contributed by atoms with Gasteiger partial charge < -0.3 is 10.1 Å². The Morgan fingerprint density at radius 1 is 1.26 bits per heavy atom. The van der Waals surface area contributed by atoms with Crippen molar-refractivity contribution >= 4 is 6.08 Å². The molecule has 2 rings (SSSR count). The van der Waals surface area contributed by atoms with Gasteiger partial charge in [-0.2, -0.15) is 0 Å². The zero-order valence-electron chi connectivity index (χ0n) is 11.3. The van der Waals surface area contributed by atoms with Gasteiger partial charge in [0, 0.05) is 24.4 Å². The lowest BCUT2D eigenvalue weighted by atomic mass is 10.2. The number of ether oxygens (including phenoxy) is 1. The number of nitrogens with one attached hydrogen (secondary N) is 1. The molecular formula is C16H18N2O. The van der Waals surface area contributed by atoms with Gasteiger partial charge in [-0.3, -0.25) is 4.98 Å². The molecule has 0 aliphatic heterocycles. The predicted octanol–water partition coefficient (Wildman–Crippen LogP) is 3.63. The molecule has 2 aromatic rings. The van der Waals surface area contributed by atoms with Gasteiger partial charge >= 0.3 is 0 Å². The Morgan fingerprint density at radius 2 is 2.11 bits per heavy atom. The number of benzene rings is 1. The van der Waals surface area contributed by atoms with Crippen molar-refractivity contribution in [3.8, 4) is 11.5 Å². The van der Waals surface area contributed by atoms with Crippen LogP contribution in [0.2, 0.25) is 0 Å². The van der Waals surface area contributed by atoms with Crippen LogP contribution in [0.1, 0.15) is 18.2 Å². The van der Waals surface area contributed by atoms with E-state index in [9.17, 15) is 0 Å². The fourth-order valence-corrected chi connectivity index (χ4v) is 1.82. The van der Waals surface area contributed by atoms with Gasteiger partial charge in [0.2, 0.25) is 0 Å². The van der Waals surface area contributed by atoms with Crippen LogP contribution in [0.3, 0.4) is 0 Å². The fourth-order valence-electron chi connectivity index (χ4n) is 1.82.